The number of carbonyl (C=O) groups excluding carboxylic acids is 1. The molecular weight excluding hydrogens is 240 g/mol. The van der Waals surface area contributed by atoms with Crippen LogP contribution < -0.4 is 0 Å². The number of halogens is 1. The summed E-state index contributed by atoms with van der Waals surface area (Å²) in [4.78, 5) is 12.1. The molecule has 0 N–H and O–H groups in total. The van der Waals surface area contributed by atoms with Crippen LogP contribution in [-0.2, 0) is 19.9 Å². The molecule has 1 aromatic carbocycles. The number of esters is 1. The highest BCUT2D eigenvalue weighted by Gasteiger charge is 2.72. The summed E-state index contributed by atoms with van der Waals surface area (Å²) < 4.78 is 10.7. The summed E-state index contributed by atoms with van der Waals surface area (Å²) in [5.41, 5.74) is -0.962. The zero-order valence-electron chi connectivity index (χ0n) is 10.1. The minimum absolute atomic E-state index is 0.324. The van der Waals surface area contributed by atoms with Gasteiger partial charge in [-0.25, -0.2) is 4.79 Å². The molecule has 0 aromatic heterocycles. The summed E-state index contributed by atoms with van der Waals surface area (Å²) in [5, 5.41) is 0.520. The summed E-state index contributed by atoms with van der Waals surface area (Å²) in [6, 6.07) is 7.20. The molecule has 92 valence electrons. The Morgan fingerprint density at radius 2 is 2.00 bits per heavy atom. The third-order valence-electron chi connectivity index (χ3n) is 3.03. The Morgan fingerprint density at radius 1 is 1.41 bits per heavy atom. The van der Waals surface area contributed by atoms with Crippen molar-refractivity contribution in [3.8, 4) is 0 Å². The highest BCUT2D eigenvalue weighted by Crippen LogP contribution is 2.57. The van der Waals surface area contributed by atoms with Gasteiger partial charge in [0.25, 0.3) is 0 Å². The Morgan fingerprint density at radius 3 is 2.47 bits per heavy atom. The summed E-state index contributed by atoms with van der Waals surface area (Å²) in [6.45, 7) is 5.80. The van der Waals surface area contributed by atoms with E-state index in [0.29, 0.717) is 17.2 Å². The van der Waals surface area contributed by atoms with Crippen LogP contribution in [0, 0.1) is 0 Å². The van der Waals surface area contributed by atoms with E-state index >= 15 is 0 Å². The Balaban J connectivity index is 2.45. The third kappa shape index (κ3) is 1.74. The minimum atomic E-state index is -1.05. The van der Waals surface area contributed by atoms with Crippen molar-refractivity contribution < 1.29 is 14.3 Å². The molecule has 0 saturated carbocycles. The van der Waals surface area contributed by atoms with E-state index in [9.17, 15) is 4.79 Å². The van der Waals surface area contributed by atoms with Crippen molar-refractivity contribution in [2.45, 2.75) is 32.0 Å². The molecule has 0 bridgehead atoms. The van der Waals surface area contributed by atoms with E-state index in [1.54, 1.807) is 19.1 Å². The van der Waals surface area contributed by atoms with E-state index in [4.69, 9.17) is 21.1 Å². The standard InChI is InChI=1S/C13H15ClO3/c1-4-16-11(15)13(12(2,3)17-13)9-7-5-6-8-10(9)14/h5-8H,4H2,1-3H3. The number of rotatable bonds is 3. The van der Waals surface area contributed by atoms with Crippen LogP contribution in [0.4, 0.5) is 0 Å². The van der Waals surface area contributed by atoms with E-state index in [2.05, 4.69) is 0 Å². The number of hydrogen-bond donors (Lipinski definition) is 0. The fourth-order valence-electron chi connectivity index (χ4n) is 2.11. The van der Waals surface area contributed by atoms with Crippen LogP contribution in [-0.4, -0.2) is 18.2 Å². The SMILES string of the molecule is CCOC(=O)C1(c2ccccc2Cl)OC1(C)C. The average molecular weight is 255 g/mol. The lowest BCUT2D eigenvalue weighted by Gasteiger charge is -2.15. The first-order valence-electron chi connectivity index (χ1n) is 5.58. The molecule has 1 unspecified atom stereocenters. The average Bonchev–Trinajstić information content (AvgIpc) is 2.84. The van der Waals surface area contributed by atoms with Crippen molar-refractivity contribution in [2.75, 3.05) is 6.61 Å². The number of carbonyl (C=O) groups is 1. The molecule has 1 atom stereocenters. The fourth-order valence-corrected chi connectivity index (χ4v) is 2.38. The molecule has 0 aliphatic carbocycles. The van der Waals surface area contributed by atoms with Crippen LogP contribution in [0.2, 0.25) is 5.02 Å². The van der Waals surface area contributed by atoms with E-state index in [-0.39, 0.29) is 5.97 Å². The van der Waals surface area contributed by atoms with Crippen molar-refractivity contribution in [2.24, 2.45) is 0 Å². The Bertz CT molecular complexity index is 456. The zero-order chi connectivity index (χ0) is 12.7. The van der Waals surface area contributed by atoms with E-state index in [0.717, 1.165) is 0 Å². The predicted molar refractivity (Wildman–Crippen MR) is 64.9 cm³/mol. The quantitative estimate of drug-likeness (QED) is 0.615. The zero-order valence-corrected chi connectivity index (χ0v) is 10.9. The maximum Gasteiger partial charge on any atom is 0.346 e. The van der Waals surface area contributed by atoms with Crippen LogP contribution in [0.1, 0.15) is 26.3 Å². The second kappa shape index (κ2) is 4.00. The molecule has 4 heteroatoms. The lowest BCUT2D eigenvalue weighted by molar-refractivity contribution is -0.150. The third-order valence-corrected chi connectivity index (χ3v) is 3.36. The molecule has 1 aromatic rings. The van der Waals surface area contributed by atoms with Gasteiger partial charge in [-0.05, 0) is 26.8 Å². The van der Waals surface area contributed by atoms with Gasteiger partial charge >= 0.3 is 5.97 Å². The van der Waals surface area contributed by atoms with Gasteiger partial charge in [-0.15, -0.1) is 0 Å². The summed E-state index contributed by atoms with van der Waals surface area (Å²) in [7, 11) is 0. The maximum absolute atomic E-state index is 12.1. The van der Waals surface area contributed by atoms with Crippen molar-refractivity contribution >= 4 is 17.6 Å². The molecule has 17 heavy (non-hydrogen) atoms. The molecule has 1 saturated heterocycles. The topological polar surface area (TPSA) is 38.8 Å². The summed E-state index contributed by atoms with van der Waals surface area (Å²) in [6.07, 6.45) is 0. The predicted octanol–water partition coefficient (Wildman–Crippen LogP) is 2.91. The van der Waals surface area contributed by atoms with Crippen molar-refractivity contribution in [3.63, 3.8) is 0 Å². The second-order valence-corrected chi connectivity index (χ2v) is 4.90. The van der Waals surface area contributed by atoms with Gasteiger partial charge < -0.3 is 9.47 Å². The number of epoxide rings is 1. The second-order valence-electron chi connectivity index (χ2n) is 4.49. The van der Waals surface area contributed by atoms with Gasteiger partial charge in [0.2, 0.25) is 5.60 Å². The first kappa shape index (κ1) is 12.4. The van der Waals surface area contributed by atoms with Gasteiger partial charge in [0.15, 0.2) is 0 Å². The van der Waals surface area contributed by atoms with Crippen LogP contribution in [0.15, 0.2) is 24.3 Å². The number of hydrogen-bond acceptors (Lipinski definition) is 3. The Hall–Kier alpha value is -1.06. The monoisotopic (exact) mass is 254 g/mol. The summed E-state index contributed by atoms with van der Waals surface area (Å²) in [5.74, 6) is -0.377. The highest BCUT2D eigenvalue weighted by atomic mass is 35.5. The van der Waals surface area contributed by atoms with Crippen LogP contribution in [0.3, 0.4) is 0 Å². The molecule has 3 nitrogen and oxygen atoms in total. The number of ether oxygens (including phenoxy) is 2. The molecule has 1 fully saturated rings. The van der Waals surface area contributed by atoms with Gasteiger partial charge in [-0.3, -0.25) is 0 Å². The van der Waals surface area contributed by atoms with Crippen molar-refractivity contribution in [3.05, 3.63) is 34.9 Å². The molecule has 0 radical (unpaired) electrons. The smallest absolute Gasteiger partial charge is 0.346 e. The number of benzene rings is 1. The van der Waals surface area contributed by atoms with Crippen LogP contribution in [0.25, 0.3) is 0 Å². The lowest BCUT2D eigenvalue weighted by Crippen LogP contribution is -2.31. The molecule has 1 heterocycles. The Labute approximate surface area is 106 Å². The van der Waals surface area contributed by atoms with Crippen LogP contribution in [0.5, 0.6) is 0 Å². The van der Waals surface area contributed by atoms with Gasteiger partial charge in [-0.2, -0.15) is 0 Å². The molecule has 0 amide bonds. The first-order valence-corrected chi connectivity index (χ1v) is 5.96. The molecule has 0 spiro atoms. The molecule has 1 aliphatic heterocycles. The fraction of sp³-hybridized carbons (Fsp3) is 0.462. The molecule has 2 rings (SSSR count). The van der Waals surface area contributed by atoms with Gasteiger partial charge in [-0.1, -0.05) is 29.8 Å². The minimum Gasteiger partial charge on any atom is -0.464 e. The van der Waals surface area contributed by atoms with E-state index < -0.39 is 11.2 Å². The van der Waals surface area contributed by atoms with E-state index in [1.807, 2.05) is 26.0 Å². The van der Waals surface area contributed by atoms with E-state index in [1.165, 1.54) is 0 Å². The summed E-state index contributed by atoms with van der Waals surface area (Å²) >= 11 is 6.13. The highest BCUT2D eigenvalue weighted by molar-refractivity contribution is 6.31. The first-order chi connectivity index (χ1) is 7.95. The maximum atomic E-state index is 12.1. The van der Waals surface area contributed by atoms with Crippen LogP contribution >= 0.6 is 11.6 Å². The largest absolute Gasteiger partial charge is 0.464 e. The normalized spacial score (nSPS) is 25.4. The lowest BCUT2D eigenvalue weighted by atomic mass is 9.88. The van der Waals surface area contributed by atoms with Crippen molar-refractivity contribution in [1.82, 2.24) is 0 Å². The van der Waals surface area contributed by atoms with Gasteiger partial charge in [0.1, 0.15) is 5.60 Å². The van der Waals surface area contributed by atoms with Gasteiger partial charge in [0, 0.05) is 10.6 Å². The van der Waals surface area contributed by atoms with Gasteiger partial charge in [0.05, 0.1) is 6.61 Å². The molecule has 1 aliphatic rings. The molecular formula is C13H15ClO3. The Kier molecular flexibility index (Phi) is 2.92. The van der Waals surface area contributed by atoms with Crippen molar-refractivity contribution in [1.29, 1.82) is 0 Å².